The van der Waals surface area contributed by atoms with Crippen LogP contribution in [0, 0.1) is 5.82 Å². The summed E-state index contributed by atoms with van der Waals surface area (Å²) in [6.07, 6.45) is 3.01. The first-order valence-corrected chi connectivity index (χ1v) is 10.9. The number of amides is 1. The summed E-state index contributed by atoms with van der Waals surface area (Å²) in [5, 5.41) is 7.36. The summed E-state index contributed by atoms with van der Waals surface area (Å²) >= 11 is 1.44. The molecule has 30 heavy (non-hydrogen) atoms. The molecule has 0 spiro atoms. The maximum Gasteiger partial charge on any atom is 0.341 e. The lowest BCUT2D eigenvalue weighted by Crippen LogP contribution is -2.28. The normalized spacial score (nSPS) is 17.9. The minimum atomic E-state index is -0.807. The Hall–Kier alpha value is -2.74. The lowest BCUT2D eigenvalue weighted by atomic mass is 9.95. The number of ether oxygens (including phenoxy) is 1. The molecule has 1 aromatic carbocycles. The molecule has 2 aromatic rings. The maximum atomic E-state index is 13.1. The molecule has 0 radical (unpaired) electrons. The van der Waals surface area contributed by atoms with E-state index in [4.69, 9.17) is 9.57 Å². The van der Waals surface area contributed by atoms with Crippen LogP contribution in [0.15, 0.2) is 29.4 Å². The van der Waals surface area contributed by atoms with Gasteiger partial charge in [0.25, 0.3) is 5.91 Å². The zero-order chi connectivity index (χ0) is 21.3. The van der Waals surface area contributed by atoms with Crippen molar-refractivity contribution in [3.63, 3.8) is 0 Å². The van der Waals surface area contributed by atoms with Gasteiger partial charge in [-0.3, -0.25) is 4.79 Å². The maximum absolute atomic E-state index is 13.1. The fourth-order valence-corrected chi connectivity index (χ4v) is 4.95. The number of aryl methyl sites for hydroxylation is 1. The molecule has 0 saturated heterocycles. The van der Waals surface area contributed by atoms with Gasteiger partial charge in [0.05, 0.1) is 17.4 Å². The van der Waals surface area contributed by atoms with Gasteiger partial charge in [0.2, 0.25) is 6.10 Å². The Balaban J connectivity index is 1.50. The number of fused-ring (bicyclic) bond motifs is 1. The van der Waals surface area contributed by atoms with E-state index in [2.05, 4.69) is 10.5 Å². The molecule has 6 nitrogen and oxygen atoms in total. The Bertz CT molecular complexity index is 997. The number of anilines is 1. The van der Waals surface area contributed by atoms with Crippen LogP contribution in [0.3, 0.4) is 0 Å². The molecule has 1 aromatic heterocycles. The van der Waals surface area contributed by atoms with Gasteiger partial charge in [-0.1, -0.05) is 17.3 Å². The SMILES string of the molecule is CC(C)OC(=O)c1c(NC(=O)C2CC(c3ccc(F)cc3)=NO2)sc2c1CCCC2. The van der Waals surface area contributed by atoms with E-state index in [0.717, 1.165) is 36.1 Å². The number of oxime groups is 1. The van der Waals surface area contributed by atoms with Gasteiger partial charge in [0, 0.05) is 11.3 Å². The topological polar surface area (TPSA) is 77.0 Å². The Morgan fingerprint density at radius 3 is 2.70 bits per heavy atom. The number of benzene rings is 1. The van der Waals surface area contributed by atoms with Crippen LogP contribution in [-0.4, -0.2) is 29.8 Å². The molecule has 1 unspecified atom stereocenters. The third-order valence-corrected chi connectivity index (χ3v) is 6.30. The number of nitrogens with one attached hydrogen (secondary N) is 1. The molecule has 1 atom stereocenters. The third-order valence-electron chi connectivity index (χ3n) is 5.09. The Kier molecular flexibility index (Phi) is 5.85. The van der Waals surface area contributed by atoms with E-state index in [1.165, 1.54) is 23.5 Å². The second-order valence-corrected chi connectivity index (χ2v) is 8.81. The van der Waals surface area contributed by atoms with Crippen LogP contribution in [0.1, 0.15) is 59.5 Å². The van der Waals surface area contributed by atoms with Gasteiger partial charge in [-0.05, 0) is 62.8 Å². The summed E-state index contributed by atoms with van der Waals surface area (Å²) < 4.78 is 18.6. The average molecular weight is 431 g/mol. The predicted molar refractivity (Wildman–Crippen MR) is 113 cm³/mol. The van der Waals surface area contributed by atoms with Crippen molar-refractivity contribution in [1.82, 2.24) is 0 Å². The van der Waals surface area contributed by atoms with Crippen LogP contribution in [-0.2, 0) is 27.2 Å². The number of hydrogen-bond acceptors (Lipinski definition) is 6. The quantitative estimate of drug-likeness (QED) is 0.711. The molecule has 1 aliphatic heterocycles. The highest BCUT2D eigenvalue weighted by molar-refractivity contribution is 7.17. The summed E-state index contributed by atoms with van der Waals surface area (Å²) in [6, 6.07) is 5.89. The van der Waals surface area contributed by atoms with E-state index in [0.29, 0.717) is 21.8 Å². The summed E-state index contributed by atoms with van der Waals surface area (Å²) in [5.74, 6) is -1.11. The molecule has 8 heteroatoms. The van der Waals surface area contributed by atoms with E-state index in [1.54, 1.807) is 26.0 Å². The number of nitrogens with zero attached hydrogens (tertiary/aromatic N) is 1. The third kappa shape index (κ3) is 4.23. The van der Waals surface area contributed by atoms with Crippen molar-refractivity contribution >= 4 is 33.9 Å². The highest BCUT2D eigenvalue weighted by Crippen LogP contribution is 2.39. The molecular weight excluding hydrogens is 407 g/mol. The minimum Gasteiger partial charge on any atom is -0.459 e. The summed E-state index contributed by atoms with van der Waals surface area (Å²) in [7, 11) is 0. The van der Waals surface area contributed by atoms with E-state index < -0.39 is 12.1 Å². The molecule has 1 amide bonds. The highest BCUT2D eigenvalue weighted by Gasteiger charge is 2.32. The monoisotopic (exact) mass is 430 g/mol. The van der Waals surface area contributed by atoms with Crippen LogP contribution in [0.25, 0.3) is 0 Å². The zero-order valence-corrected chi connectivity index (χ0v) is 17.7. The van der Waals surface area contributed by atoms with Crippen molar-refractivity contribution in [2.45, 2.75) is 58.2 Å². The number of halogens is 1. The number of thiophene rings is 1. The van der Waals surface area contributed by atoms with E-state index in [-0.39, 0.29) is 24.2 Å². The smallest absolute Gasteiger partial charge is 0.341 e. The van der Waals surface area contributed by atoms with Crippen molar-refractivity contribution in [1.29, 1.82) is 0 Å². The van der Waals surface area contributed by atoms with Gasteiger partial charge in [-0.15, -0.1) is 11.3 Å². The van der Waals surface area contributed by atoms with Crippen molar-refractivity contribution in [2.75, 3.05) is 5.32 Å². The van der Waals surface area contributed by atoms with Crippen LogP contribution in [0.5, 0.6) is 0 Å². The lowest BCUT2D eigenvalue weighted by Gasteiger charge is -2.14. The van der Waals surface area contributed by atoms with Gasteiger partial charge < -0.3 is 14.9 Å². The van der Waals surface area contributed by atoms with Gasteiger partial charge in [0.1, 0.15) is 10.8 Å². The molecule has 1 N–H and O–H groups in total. The first kappa shape index (κ1) is 20.5. The molecule has 1 aliphatic carbocycles. The number of carbonyl (C=O) groups is 2. The number of hydrogen-bond donors (Lipinski definition) is 1. The Labute approximate surface area is 178 Å². The molecule has 0 bridgehead atoms. The summed E-state index contributed by atoms with van der Waals surface area (Å²) in [5.41, 5.74) is 2.75. The van der Waals surface area contributed by atoms with Gasteiger partial charge >= 0.3 is 5.97 Å². The standard InChI is InChI=1S/C22H23FN2O4S/c1-12(2)28-22(27)19-15-5-3-4-6-18(15)30-21(19)24-20(26)17-11-16(25-29-17)13-7-9-14(23)10-8-13/h7-10,12,17H,3-6,11H2,1-2H3,(H,24,26). The fourth-order valence-electron chi connectivity index (χ4n) is 3.67. The first-order valence-electron chi connectivity index (χ1n) is 10.1. The number of carbonyl (C=O) groups excluding carboxylic acids is 2. The predicted octanol–water partition coefficient (Wildman–Crippen LogP) is 4.46. The second-order valence-electron chi connectivity index (χ2n) is 7.70. The van der Waals surface area contributed by atoms with Crippen molar-refractivity contribution < 1.29 is 23.6 Å². The minimum absolute atomic E-state index is 0.245. The van der Waals surface area contributed by atoms with Crippen LogP contribution in [0.4, 0.5) is 9.39 Å². The average Bonchev–Trinajstić information content (AvgIpc) is 3.32. The Morgan fingerprint density at radius 1 is 1.23 bits per heavy atom. The first-order chi connectivity index (χ1) is 14.4. The van der Waals surface area contributed by atoms with Crippen molar-refractivity contribution in [3.05, 3.63) is 51.7 Å². The van der Waals surface area contributed by atoms with Crippen LogP contribution >= 0.6 is 11.3 Å². The number of rotatable bonds is 5. The molecule has 158 valence electrons. The second kappa shape index (κ2) is 8.55. The molecule has 0 saturated carbocycles. The highest BCUT2D eigenvalue weighted by atomic mass is 32.1. The summed E-state index contributed by atoms with van der Waals surface area (Å²) in [4.78, 5) is 32.0. The van der Waals surface area contributed by atoms with E-state index in [9.17, 15) is 14.0 Å². The van der Waals surface area contributed by atoms with E-state index in [1.807, 2.05) is 0 Å². The van der Waals surface area contributed by atoms with Crippen LogP contribution in [0.2, 0.25) is 0 Å². The molecular formula is C22H23FN2O4S. The van der Waals surface area contributed by atoms with Gasteiger partial charge in [-0.25, -0.2) is 9.18 Å². The van der Waals surface area contributed by atoms with Gasteiger partial charge in [0.15, 0.2) is 0 Å². The lowest BCUT2D eigenvalue weighted by molar-refractivity contribution is -0.125. The molecule has 0 fully saturated rings. The van der Waals surface area contributed by atoms with Crippen LogP contribution < -0.4 is 5.32 Å². The van der Waals surface area contributed by atoms with Crippen molar-refractivity contribution in [3.8, 4) is 0 Å². The summed E-state index contributed by atoms with van der Waals surface area (Å²) in [6.45, 7) is 3.60. The largest absolute Gasteiger partial charge is 0.459 e. The zero-order valence-electron chi connectivity index (χ0n) is 16.9. The Morgan fingerprint density at radius 2 is 1.97 bits per heavy atom. The molecule has 2 heterocycles. The fraction of sp³-hybridized carbons (Fsp3) is 0.409. The molecule has 4 rings (SSSR count). The van der Waals surface area contributed by atoms with Crippen molar-refractivity contribution in [2.24, 2.45) is 5.16 Å². The molecule has 2 aliphatic rings. The number of esters is 1. The van der Waals surface area contributed by atoms with E-state index >= 15 is 0 Å². The van der Waals surface area contributed by atoms with Gasteiger partial charge in [-0.2, -0.15) is 0 Å².